The van der Waals surface area contributed by atoms with Crippen LogP contribution in [-0.4, -0.2) is 61.5 Å². The van der Waals surface area contributed by atoms with Crippen molar-refractivity contribution in [3.63, 3.8) is 0 Å². The highest BCUT2D eigenvalue weighted by molar-refractivity contribution is 6.20. The molecule has 7 heteroatoms. The van der Waals surface area contributed by atoms with Crippen molar-refractivity contribution in [2.24, 2.45) is 0 Å². The molecule has 0 radical (unpaired) electrons. The van der Waals surface area contributed by atoms with Crippen LogP contribution in [0.15, 0.2) is 24.3 Å². The van der Waals surface area contributed by atoms with Gasteiger partial charge < -0.3 is 10.2 Å². The Kier molecular flexibility index (Phi) is 4.66. The van der Waals surface area contributed by atoms with Crippen LogP contribution in [0.4, 0.5) is 0 Å². The molecule has 0 atom stereocenters. The monoisotopic (exact) mass is 291 g/mol. The smallest absolute Gasteiger partial charge is 0.285 e. The first kappa shape index (κ1) is 15.1. The lowest BCUT2D eigenvalue weighted by Gasteiger charge is -2.14. The fraction of sp³-hybridized carbons (Fsp3) is 0.357. The maximum atomic E-state index is 12.0. The Morgan fingerprint density at radius 2 is 1.76 bits per heavy atom. The number of benzene rings is 1. The van der Waals surface area contributed by atoms with Gasteiger partial charge >= 0.3 is 0 Å². The highest BCUT2D eigenvalue weighted by Gasteiger charge is 2.36. The molecule has 1 N–H and O–H groups in total. The number of fused-ring (bicyclic) bond motifs is 1. The third kappa shape index (κ3) is 3.45. The van der Waals surface area contributed by atoms with Gasteiger partial charge in [-0.3, -0.25) is 19.2 Å². The molecule has 0 aromatic heterocycles. The number of hydrogen-bond donors (Lipinski definition) is 1. The maximum absolute atomic E-state index is 12.0. The van der Waals surface area contributed by atoms with Gasteiger partial charge in [0, 0.05) is 6.54 Å². The molecule has 0 unspecified atom stereocenters. The molecule has 0 fully saturated rings. The number of hydrogen-bond acceptors (Lipinski definition) is 5. The van der Waals surface area contributed by atoms with Crippen molar-refractivity contribution in [2.45, 2.75) is 0 Å². The molecular formula is C14H17N3O4. The van der Waals surface area contributed by atoms with E-state index in [1.807, 2.05) is 0 Å². The van der Waals surface area contributed by atoms with E-state index in [2.05, 4.69) is 5.32 Å². The average Bonchev–Trinajstić information content (AvgIpc) is 2.68. The van der Waals surface area contributed by atoms with Crippen molar-refractivity contribution in [2.75, 3.05) is 33.8 Å². The first-order chi connectivity index (χ1) is 10.0. The number of hydroxylamine groups is 2. The third-order valence-corrected chi connectivity index (χ3v) is 2.86. The minimum atomic E-state index is -0.477. The summed E-state index contributed by atoms with van der Waals surface area (Å²) in [6.07, 6.45) is 0. The van der Waals surface area contributed by atoms with Crippen LogP contribution in [0.5, 0.6) is 0 Å². The van der Waals surface area contributed by atoms with E-state index < -0.39 is 11.8 Å². The molecule has 7 nitrogen and oxygen atoms in total. The highest BCUT2D eigenvalue weighted by atomic mass is 16.7. The van der Waals surface area contributed by atoms with Crippen molar-refractivity contribution in [3.05, 3.63) is 35.4 Å². The Bertz CT molecular complexity index is 536. The van der Waals surface area contributed by atoms with Gasteiger partial charge in [0.2, 0.25) is 5.91 Å². The molecule has 0 bridgehead atoms. The van der Waals surface area contributed by atoms with Gasteiger partial charge in [-0.15, -0.1) is 5.06 Å². The summed E-state index contributed by atoms with van der Waals surface area (Å²) in [4.78, 5) is 42.2. The number of likely N-dealkylation sites (N-methyl/N-ethyl adjacent to an activating group) is 1. The van der Waals surface area contributed by atoms with Gasteiger partial charge in [0.25, 0.3) is 11.8 Å². The van der Waals surface area contributed by atoms with E-state index in [0.717, 1.165) is 5.06 Å². The number of carbonyl (C=O) groups is 3. The Labute approximate surface area is 122 Å². The van der Waals surface area contributed by atoms with Crippen molar-refractivity contribution >= 4 is 17.7 Å². The van der Waals surface area contributed by atoms with E-state index in [9.17, 15) is 14.4 Å². The van der Waals surface area contributed by atoms with Crippen LogP contribution in [0.3, 0.4) is 0 Å². The summed E-state index contributed by atoms with van der Waals surface area (Å²) in [5, 5.41) is 3.37. The molecule has 21 heavy (non-hydrogen) atoms. The standard InChI is InChI=1S/C14H17N3O4/c1-16(2)9-12(18)15-7-8-21-17-13(19)10-5-3-4-6-11(10)14(17)20/h3-6H,7-9H2,1-2H3,(H,15,18). The molecular weight excluding hydrogens is 274 g/mol. The fourth-order valence-electron chi connectivity index (χ4n) is 1.95. The summed E-state index contributed by atoms with van der Waals surface area (Å²) in [7, 11) is 3.57. The lowest BCUT2D eigenvalue weighted by atomic mass is 10.1. The molecule has 0 aliphatic carbocycles. The number of nitrogens with zero attached hydrogens (tertiary/aromatic N) is 2. The first-order valence-corrected chi connectivity index (χ1v) is 6.53. The number of nitrogens with one attached hydrogen (secondary N) is 1. The summed E-state index contributed by atoms with van der Waals surface area (Å²) in [6, 6.07) is 6.54. The van der Waals surface area contributed by atoms with E-state index in [1.165, 1.54) is 0 Å². The number of imide groups is 1. The second kappa shape index (κ2) is 6.47. The topological polar surface area (TPSA) is 79.0 Å². The predicted molar refractivity (Wildman–Crippen MR) is 74.5 cm³/mol. The highest BCUT2D eigenvalue weighted by Crippen LogP contribution is 2.22. The molecule has 3 amide bonds. The van der Waals surface area contributed by atoms with E-state index in [4.69, 9.17) is 4.84 Å². The third-order valence-electron chi connectivity index (χ3n) is 2.86. The lowest BCUT2D eigenvalue weighted by Crippen LogP contribution is -2.37. The zero-order valence-electron chi connectivity index (χ0n) is 12.0. The van der Waals surface area contributed by atoms with Gasteiger partial charge in [-0.25, -0.2) is 0 Å². The Morgan fingerprint density at radius 1 is 1.19 bits per heavy atom. The van der Waals surface area contributed by atoms with Crippen LogP contribution in [0, 0.1) is 0 Å². The first-order valence-electron chi connectivity index (χ1n) is 6.53. The van der Waals surface area contributed by atoms with Crippen molar-refractivity contribution in [1.82, 2.24) is 15.3 Å². The second-order valence-electron chi connectivity index (χ2n) is 4.87. The minimum absolute atomic E-state index is 0.0463. The van der Waals surface area contributed by atoms with Crippen LogP contribution < -0.4 is 5.32 Å². The summed E-state index contributed by atoms with van der Waals surface area (Å²) < 4.78 is 0. The SMILES string of the molecule is CN(C)CC(=O)NCCON1C(=O)c2ccccc2C1=O. The zero-order valence-corrected chi connectivity index (χ0v) is 12.0. The molecule has 1 heterocycles. The minimum Gasteiger partial charge on any atom is -0.353 e. The van der Waals surface area contributed by atoms with Crippen LogP contribution in [0.25, 0.3) is 0 Å². The summed E-state index contributed by atoms with van der Waals surface area (Å²) in [5.41, 5.74) is 0.665. The molecule has 0 saturated heterocycles. The van der Waals surface area contributed by atoms with E-state index >= 15 is 0 Å². The molecule has 1 aromatic rings. The normalized spacial score (nSPS) is 13.8. The van der Waals surface area contributed by atoms with E-state index in [1.54, 1.807) is 43.3 Å². The Hall–Kier alpha value is -2.25. The summed E-state index contributed by atoms with van der Waals surface area (Å²) >= 11 is 0. The Balaban J connectivity index is 1.82. The van der Waals surface area contributed by atoms with Gasteiger partial charge in [-0.1, -0.05) is 12.1 Å². The van der Waals surface area contributed by atoms with E-state index in [-0.39, 0.29) is 25.6 Å². The molecule has 0 spiro atoms. The summed E-state index contributed by atoms with van der Waals surface area (Å²) in [6.45, 7) is 0.539. The van der Waals surface area contributed by atoms with Crippen LogP contribution in [-0.2, 0) is 9.63 Å². The van der Waals surface area contributed by atoms with Crippen molar-refractivity contribution < 1.29 is 19.2 Å². The largest absolute Gasteiger partial charge is 0.353 e. The molecule has 1 aliphatic heterocycles. The lowest BCUT2D eigenvalue weighted by molar-refractivity contribution is -0.123. The quantitative estimate of drug-likeness (QED) is 0.584. The van der Waals surface area contributed by atoms with Crippen LogP contribution in [0.2, 0.25) is 0 Å². The summed E-state index contributed by atoms with van der Waals surface area (Å²) in [5.74, 6) is -1.10. The van der Waals surface area contributed by atoms with Gasteiger partial charge in [0.1, 0.15) is 0 Å². The second-order valence-corrected chi connectivity index (χ2v) is 4.87. The zero-order chi connectivity index (χ0) is 15.4. The van der Waals surface area contributed by atoms with Gasteiger partial charge in [-0.2, -0.15) is 0 Å². The maximum Gasteiger partial charge on any atom is 0.285 e. The number of amides is 3. The molecule has 2 rings (SSSR count). The molecule has 1 aliphatic rings. The average molecular weight is 291 g/mol. The predicted octanol–water partition coefficient (Wildman–Crippen LogP) is -0.108. The number of carbonyl (C=O) groups excluding carboxylic acids is 3. The van der Waals surface area contributed by atoms with Gasteiger partial charge in [0.05, 0.1) is 24.3 Å². The Morgan fingerprint density at radius 3 is 2.29 bits per heavy atom. The molecule has 112 valence electrons. The molecule has 0 saturated carbocycles. The van der Waals surface area contributed by atoms with Gasteiger partial charge in [-0.05, 0) is 26.2 Å². The van der Waals surface area contributed by atoms with Crippen LogP contribution in [0.1, 0.15) is 20.7 Å². The van der Waals surface area contributed by atoms with Crippen molar-refractivity contribution in [3.8, 4) is 0 Å². The fourth-order valence-corrected chi connectivity index (χ4v) is 1.95. The van der Waals surface area contributed by atoms with Crippen LogP contribution >= 0.6 is 0 Å². The van der Waals surface area contributed by atoms with E-state index in [0.29, 0.717) is 11.1 Å². The van der Waals surface area contributed by atoms with Crippen molar-refractivity contribution in [1.29, 1.82) is 0 Å². The molecule has 1 aromatic carbocycles. The van der Waals surface area contributed by atoms with Gasteiger partial charge in [0.15, 0.2) is 0 Å². The number of rotatable bonds is 6.